The normalized spacial score (nSPS) is 15.0. The number of carbonyl (C=O) groups is 2. The van der Waals surface area contributed by atoms with Crippen LogP contribution in [0.3, 0.4) is 0 Å². The van der Waals surface area contributed by atoms with Crippen LogP contribution < -0.4 is 5.32 Å². The van der Waals surface area contributed by atoms with Crippen molar-refractivity contribution >= 4 is 23.6 Å². The highest BCUT2D eigenvalue weighted by Gasteiger charge is 2.28. The fraction of sp³-hybridized carbons (Fsp3) is 0.440. The number of aryl methyl sites for hydroxylation is 1. The lowest BCUT2D eigenvalue weighted by molar-refractivity contribution is -0.140. The smallest absolute Gasteiger partial charge is 0.242 e. The lowest BCUT2D eigenvalue weighted by Gasteiger charge is -2.30. The van der Waals surface area contributed by atoms with E-state index < -0.39 is 6.04 Å². The van der Waals surface area contributed by atoms with Crippen molar-refractivity contribution in [3.05, 3.63) is 65.7 Å². The summed E-state index contributed by atoms with van der Waals surface area (Å²) in [6.45, 7) is 4.35. The molecule has 0 heterocycles. The van der Waals surface area contributed by atoms with Gasteiger partial charge in [-0.25, -0.2) is 0 Å². The van der Waals surface area contributed by atoms with Gasteiger partial charge >= 0.3 is 0 Å². The van der Waals surface area contributed by atoms with Crippen LogP contribution in [0.2, 0.25) is 0 Å². The molecule has 0 aromatic heterocycles. The molecule has 2 amide bonds. The van der Waals surface area contributed by atoms with Gasteiger partial charge in [0.2, 0.25) is 11.8 Å². The minimum absolute atomic E-state index is 0.0214. The van der Waals surface area contributed by atoms with Gasteiger partial charge in [0.1, 0.15) is 6.04 Å². The molecular formula is C25H32N2O2S. The summed E-state index contributed by atoms with van der Waals surface area (Å²) in [6.07, 6.45) is 4.83. The van der Waals surface area contributed by atoms with E-state index in [9.17, 15) is 9.59 Å². The number of nitrogens with one attached hydrogen (secondary N) is 1. The summed E-state index contributed by atoms with van der Waals surface area (Å²) in [6, 6.07) is 18.0. The van der Waals surface area contributed by atoms with Crippen LogP contribution in [0.5, 0.6) is 0 Å². The minimum Gasteiger partial charge on any atom is -0.352 e. The van der Waals surface area contributed by atoms with Crippen LogP contribution in [0.25, 0.3) is 0 Å². The van der Waals surface area contributed by atoms with Crippen LogP contribution in [0.4, 0.5) is 0 Å². The number of hydrogen-bond donors (Lipinski definition) is 1. The molecule has 0 saturated heterocycles. The van der Waals surface area contributed by atoms with E-state index in [1.165, 1.54) is 18.4 Å². The molecule has 0 bridgehead atoms. The van der Waals surface area contributed by atoms with Crippen LogP contribution in [-0.4, -0.2) is 34.6 Å². The Labute approximate surface area is 184 Å². The molecule has 1 atom stereocenters. The van der Waals surface area contributed by atoms with Crippen LogP contribution in [-0.2, 0) is 16.1 Å². The first-order valence-corrected chi connectivity index (χ1v) is 11.8. The molecule has 0 aliphatic heterocycles. The zero-order valence-corrected chi connectivity index (χ0v) is 18.8. The second kappa shape index (κ2) is 11.2. The van der Waals surface area contributed by atoms with Crippen LogP contribution in [0.15, 0.2) is 59.5 Å². The third kappa shape index (κ3) is 6.63. The standard InChI is InChI=1S/C25H32N2O2S/c1-19-12-14-21(15-13-19)18-27(20(2)25(29)26-22-8-6-7-9-22)24(28)16-17-30-23-10-4-3-5-11-23/h3-5,10-15,20,22H,6-9,16-18H2,1-2H3,(H,26,29). The molecule has 2 aromatic carbocycles. The number of amides is 2. The monoisotopic (exact) mass is 424 g/mol. The molecule has 5 heteroatoms. The van der Waals surface area contributed by atoms with E-state index in [1.807, 2.05) is 56.3 Å². The van der Waals surface area contributed by atoms with Gasteiger partial charge in [0.15, 0.2) is 0 Å². The van der Waals surface area contributed by atoms with Crippen molar-refractivity contribution in [2.45, 2.75) is 69.5 Å². The maximum atomic E-state index is 13.1. The topological polar surface area (TPSA) is 49.4 Å². The first kappa shape index (κ1) is 22.4. The van der Waals surface area contributed by atoms with Gasteiger partial charge < -0.3 is 10.2 Å². The van der Waals surface area contributed by atoms with Crippen LogP contribution in [0, 0.1) is 6.92 Å². The van der Waals surface area contributed by atoms with Crippen LogP contribution >= 0.6 is 11.8 Å². The summed E-state index contributed by atoms with van der Waals surface area (Å²) >= 11 is 1.67. The van der Waals surface area contributed by atoms with Crippen molar-refractivity contribution in [1.29, 1.82) is 0 Å². The van der Waals surface area contributed by atoms with Crippen molar-refractivity contribution in [3.63, 3.8) is 0 Å². The summed E-state index contributed by atoms with van der Waals surface area (Å²) in [5, 5.41) is 3.15. The molecule has 160 valence electrons. The number of carbonyl (C=O) groups excluding carboxylic acids is 2. The quantitative estimate of drug-likeness (QED) is 0.579. The average molecular weight is 425 g/mol. The zero-order chi connectivity index (χ0) is 21.3. The Morgan fingerprint density at radius 3 is 2.40 bits per heavy atom. The highest BCUT2D eigenvalue weighted by atomic mass is 32.2. The number of benzene rings is 2. The van der Waals surface area contributed by atoms with Gasteiger partial charge in [-0.1, -0.05) is 60.9 Å². The van der Waals surface area contributed by atoms with Crippen molar-refractivity contribution < 1.29 is 9.59 Å². The predicted molar refractivity (Wildman–Crippen MR) is 123 cm³/mol. The van der Waals surface area contributed by atoms with E-state index in [2.05, 4.69) is 17.4 Å². The Hall–Kier alpha value is -2.27. The summed E-state index contributed by atoms with van der Waals surface area (Å²) in [5.74, 6) is 0.677. The summed E-state index contributed by atoms with van der Waals surface area (Å²) in [4.78, 5) is 28.9. The minimum atomic E-state index is -0.485. The van der Waals surface area contributed by atoms with Gasteiger partial charge in [-0.05, 0) is 44.4 Å². The highest BCUT2D eigenvalue weighted by Crippen LogP contribution is 2.21. The summed E-state index contributed by atoms with van der Waals surface area (Å²) in [5.41, 5.74) is 2.23. The predicted octanol–water partition coefficient (Wildman–Crippen LogP) is 4.95. The molecule has 1 saturated carbocycles. The second-order valence-electron chi connectivity index (χ2n) is 8.08. The fourth-order valence-corrected chi connectivity index (χ4v) is 4.64. The third-order valence-corrected chi connectivity index (χ3v) is 6.68. The van der Waals surface area contributed by atoms with Gasteiger partial charge in [0.05, 0.1) is 0 Å². The number of nitrogens with zero attached hydrogens (tertiary/aromatic N) is 1. The van der Waals surface area contributed by atoms with E-state index in [1.54, 1.807) is 16.7 Å². The molecule has 1 unspecified atom stereocenters. The first-order chi connectivity index (χ1) is 14.5. The summed E-state index contributed by atoms with van der Waals surface area (Å²) < 4.78 is 0. The van der Waals surface area contributed by atoms with E-state index in [4.69, 9.17) is 0 Å². The first-order valence-electron chi connectivity index (χ1n) is 10.9. The maximum absolute atomic E-state index is 13.1. The van der Waals surface area contributed by atoms with Gasteiger partial charge in [0.25, 0.3) is 0 Å². The van der Waals surface area contributed by atoms with Gasteiger partial charge in [-0.3, -0.25) is 9.59 Å². The Morgan fingerprint density at radius 1 is 1.07 bits per heavy atom. The maximum Gasteiger partial charge on any atom is 0.242 e. The SMILES string of the molecule is Cc1ccc(CN(C(=O)CCSc2ccccc2)C(C)C(=O)NC2CCCC2)cc1. The average Bonchev–Trinajstić information content (AvgIpc) is 3.26. The van der Waals surface area contributed by atoms with Crippen molar-refractivity contribution in [2.75, 3.05) is 5.75 Å². The lowest BCUT2D eigenvalue weighted by atomic mass is 10.1. The highest BCUT2D eigenvalue weighted by molar-refractivity contribution is 7.99. The van der Waals surface area contributed by atoms with Crippen LogP contribution in [0.1, 0.15) is 50.2 Å². The molecule has 4 nitrogen and oxygen atoms in total. The molecular weight excluding hydrogens is 392 g/mol. The van der Waals surface area contributed by atoms with E-state index in [0.717, 1.165) is 23.3 Å². The van der Waals surface area contributed by atoms with Gasteiger partial charge in [-0.15, -0.1) is 11.8 Å². The zero-order valence-electron chi connectivity index (χ0n) is 18.0. The third-order valence-electron chi connectivity index (χ3n) is 5.67. The number of rotatable bonds is 9. The van der Waals surface area contributed by atoms with Crippen molar-refractivity contribution in [2.24, 2.45) is 0 Å². The molecule has 30 heavy (non-hydrogen) atoms. The Morgan fingerprint density at radius 2 is 1.73 bits per heavy atom. The van der Waals surface area contributed by atoms with Gasteiger partial charge in [-0.2, -0.15) is 0 Å². The van der Waals surface area contributed by atoms with Gasteiger partial charge in [0, 0.05) is 29.7 Å². The molecule has 3 rings (SSSR count). The second-order valence-corrected chi connectivity index (χ2v) is 9.25. The molecule has 2 aromatic rings. The van der Waals surface area contributed by atoms with E-state index in [-0.39, 0.29) is 17.9 Å². The van der Waals surface area contributed by atoms with Crippen molar-refractivity contribution in [3.8, 4) is 0 Å². The summed E-state index contributed by atoms with van der Waals surface area (Å²) in [7, 11) is 0. The molecule has 0 radical (unpaired) electrons. The number of thioether (sulfide) groups is 1. The molecule has 0 spiro atoms. The lowest BCUT2D eigenvalue weighted by Crippen LogP contribution is -2.49. The largest absolute Gasteiger partial charge is 0.352 e. The molecule has 1 N–H and O–H groups in total. The van der Waals surface area contributed by atoms with E-state index in [0.29, 0.717) is 18.7 Å². The molecule has 1 aliphatic rings. The number of hydrogen-bond acceptors (Lipinski definition) is 3. The Bertz CT molecular complexity index is 817. The van der Waals surface area contributed by atoms with Crippen molar-refractivity contribution in [1.82, 2.24) is 10.2 Å². The molecule has 1 fully saturated rings. The fourth-order valence-electron chi connectivity index (χ4n) is 3.78. The Balaban J connectivity index is 1.64. The molecule has 1 aliphatic carbocycles. The van der Waals surface area contributed by atoms with E-state index >= 15 is 0 Å². The Kier molecular flexibility index (Phi) is 8.38.